The summed E-state index contributed by atoms with van der Waals surface area (Å²) in [5.41, 5.74) is 6.06. The van der Waals surface area contributed by atoms with Crippen LogP contribution in [0.4, 0.5) is 0 Å². The molecule has 1 aliphatic rings. The molecule has 0 heterocycles. The summed E-state index contributed by atoms with van der Waals surface area (Å²) < 4.78 is 0. The predicted molar refractivity (Wildman–Crippen MR) is 53.3 cm³/mol. The number of nitrogens with two attached hydrogens (primary N) is 1. The summed E-state index contributed by atoms with van der Waals surface area (Å²) in [7, 11) is 0. The third-order valence-corrected chi connectivity index (χ3v) is 2.29. The number of primary amides is 1. The molecule has 0 saturated heterocycles. The van der Waals surface area contributed by atoms with Crippen molar-refractivity contribution < 1.29 is 9.59 Å². The summed E-state index contributed by atoms with van der Waals surface area (Å²) in [6.07, 6.45) is 2.78. The van der Waals surface area contributed by atoms with Gasteiger partial charge in [-0.1, -0.05) is 13.8 Å². The van der Waals surface area contributed by atoms with E-state index in [0.29, 0.717) is 12.8 Å². The number of ketones is 1. The van der Waals surface area contributed by atoms with Crippen LogP contribution in [0, 0.1) is 5.92 Å². The molecule has 0 radical (unpaired) electrons. The smallest absolute Gasteiger partial charge is 0.240 e. The molecule has 1 rings (SSSR count). The molecular weight excluding hydrogens is 180 g/mol. The Bertz CT molecular complexity index is 282. The van der Waals surface area contributed by atoms with Crippen molar-refractivity contribution in [2.75, 3.05) is 0 Å². The van der Waals surface area contributed by atoms with Gasteiger partial charge in [0.05, 0.1) is 0 Å². The number of nitrogens with one attached hydrogen (secondary N) is 1. The van der Waals surface area contributed by atoms with Gasteiger partial charge in [-0.05, 0) is 12.3 Å². The van der Waals surface area contributed by atoms with Crippen LogP contribution >= 0.6 is 0 Å². The number of hydrogen-bond donors (Lipinski definition) is 2. The lowest BCUT2D eigenvalue weighted by molar-refractivity contribution is -0.120. The van der Waals surface area contributed by atoms with Crippen LogP contribution in [0.15, 0.2) is 11.8 Å². The SMILES string of the molecule is CC(C)C(NC1=CC(=O)CC1)C(N)=O. The van der Waals surface area contributed by atoms with Crippen LogP contribution in [0.5, 0.6) is 0 Å². The molecule has 4 heteroatoms. The van der Waals surface area contributed by atoms with E-state index in [1.165, 1.54) is 0 Å². The molecule has 1 aliphatic carbocycles. The van der Waals surface area contributed by atoms with E-state index < -0.39 is 0 Å². The van der Waals surface area contributed by atoms with Crippen molar-refractivity contribution in [3.05, 3.63) is 11.8 Å². The number of carbonyl (C=O) groups is 2. The largest absolute Gasteiger partial charge is 0.377 e. The fourth-order valence-electron chi connectivity index (χ4n) is 1.48. The first-order valence-corrected chi connectivity index (χ1v) is 4.80. The van der Waals surface area contributed by atoms with Crippen LogP contribution in [-0.2, 0) is 9.59 Å². The van der Waals surface area contributed by atoms with Gasteiger partial charge in [-0.2, -0.15) is 0 Å². The molecule has 0 saturated carbocycles. The van der Waals surface area contributed by atoms with Crippen molar-refractivity contribution in [2.45, 2.75) is 32.7 Å². The van der Waals surface area contributed by atoms with E-state index in [0.717, 1.165) is 5.70 Å². The molecule has 14 heavy (non-hydrogen) atoms. The molecule has 1 unspecified atom stereocenters. The van der Waals surface area contributed by atoms with Crippen molar-refractivity contribution in [2.24, 2.45) is 11.7 Å². The van der Waals surface area contributed by atoms with Gasteiger partial charge in [0.1, 0.15) is 6.04 Å². The molecule has 78 valence electrons. The molecule has 4 nitrogen and oxygen atoms in total. The van der Waals surface area contributed by atoms with Crippen LogP contribution in [-0.4, -0.2) is 17.7 Å². The second kappa shape index (κ2) is 4.26. The number of allylic oxidation sites excluding steroid dienone is 2. The Morgan fingerprint density at radius 2 is 2.14 bits per heavy atom. The van der Waals surface area contributed by atoms with Gasteiger partial charge in [0.2, 0.25) is 5.91 Å². The first kappa shape index (κ1) is 10.8. The summed E-state index contributed by atoms with van der Waals surface area (Å²) in [6, 6.07) is -0.382. The molecule has 0 aromatic carbocycles. The Labute approximate surface area is 83.5 Å². The van der Waals surface area contributed by atoms with Gasteiger partial charge in [-0.25, -0.2) is 0 Å². The predicted octanol–water partition coefficient (Wildman–Crippen LogP) is 0.333. The zero-order valence-electron chi connectivity index (χ0n) is 8.54. The van der Waals surface area contributed by atoms with Crippen LogP contribution in [0.1, 0.15) is 26.7 Å². The van der Waals surface area contributed by atoms with Gasteiger partial charge >= 0.3 is 0 Å². The monoisotopic (exact) mass is 196 g/mol. The summed E-state index contributed by atoms with van der Waals surface area (Å²) in [4.78, 5) is 22.0. The average molecular weight is 196 g/mol. The molecule has 0 bridgehead atoms. The van der Waals surface area contributed by atoms with Crippen LogP contribution in [0.2, 0.25) is 0 Å². The molecule has 0 aliphatic heterocycles. The standard InChI is InChI=1S/C10H16N2O2/c1-6(2)9(10(11)14)12-7-3-4-8(13)5-7/h5-6,9,12H,3-4H2,1-2H3,(H2,11,14). The van der Waals surface area contributed by atoms with Crippen molar-refractivity contribution in [3.63, 3.8) is 0 Å². The molecule has 0 aromatic rings. The van der Waals surface area contributed by atoms with E-state index in [4.69, 9.17) is 5.73 Å². The lowest BCUT2D eigenvalue weighted by atomic mass is 10.0. The highest BCUT2D eigenvalue weighted by atomic mass is 16.1. The third-order valence-electron chi connectivity index (χ3n) is 2.29. The molecule has 3 N–H and O–H groups in total. The minimum Gasteiger partial charge on any atom is -0.377 e. The zero-order valence-corrected chi connectivity index (χ0v) is 8.54. The van der Waals surface area contributed by atoms with Gasteiger partial charge in [-0.15, -0.1) is 0 Å². The van der Waals surface area contributed by atoms with Gasteiger partial charge in [0.15, 0.2) is 5.78 Å². The highest BCUT2D eigenvalue weighted by Crippen LogP contribution is 2.14. The second-order valence-electron chi connectivity index (χ2n) is 3.90. The highest BCUT2D eigenvalue weighted by molar-refractivity contribution is 5.93. The highest BCUT2D eigenvalue weighted by Gasteiger charge is 2.22. The van der Waals surface area contributed by atoms with Gasteiger partial charge in [0, 0.05) is 18.2 Å². The Hall–Kier alpha value is -1.32. The molecule has 0 fully saturated rings. The number of rotatable bonds is 4. The summed E-state index contributed by atoms with van der Waals surface area (Å²) >= 11 is 0. The fourth-order valence-corrected chi connectivity index (χ4v) is 1.48. The summed E-state index contributed by atoms with van der Waals surface area (Å²) in [5, 5.41) is 3.01. The first-order valence-electron chi connectivity index (χ1n) is 4.80. The van der Waals surface area contributed by atoms with E-state index in [1.54, 1.807) is 6.08 Å². The van der Waals surface area contributed by atoms with Crippen molar-refractivity contribution in [1.82, 2.24) is 5.32 Å². The van der Waals surface area contributed by atoms with Crippen LogP contribution < -0.4 is 11.1 Å². The number of carbonyl (C=O) groups excluding carboxylic acids is 2. The lowest BCUT2D eigenvalue weighted by Crippen LogP contribution is -2.44. The summed E-state index contributed by atoms with van der Waals surface area (Å²) in [6.45, 7) is 3.83. The Balaban J connectivity index is 2.60. The zero-order chi connectivity index (χ0) is 10.7. The maximum Gasteiger partial charge on any atom is 0.240 e. The van der Waals surface area contributed by atoms with E-state index in [2.05, 4.69) is 5.32 Å². The van der Waals surface area contributed by atoms with Crippen molar-refractivity contribution in [3.8, 4) is 0 Å². The fraction of sp³-hybridized carbons (Fsp3) is 0.600. The van der Waals surface area contributed by atoms with Gasteiger partial charge in [0.25, 0.3) is 0 Å². The molecule has 0 spiro atoms. The Morgan fingerprint density at radius 3 is 2.50 bits per heavy atom. The maximum atomic E-state index is 11.1. The van der Waals surface area contributed by atoms with Gasteiger partial charge < -0.3 is 11.1 Å². The van der Waals surface area contributed by atoms with Crippen LogP contribution in [0.25, 0.3) is 0 Å². The lowest BCUT2D eigenvalue weighted by Gasteiger charge is -2.20. The quantitative estimate of drug-likeness (QED) is 0.680. The topological polar surface area (TPSA) is 72.2 Å². The number of hydrogen-bond acceptors (Lipinski definition) is 3. The molecule has 0 aromatic heterocycles. The normalized spacial score (nSPS) is 18.2. The average Bonchev–Trinajstić information content (AvgIpc) is 2.46. The van der Waals surface area contributed by atoms with E-state index >= 15 is 0 Å². The van der Waals surface area contributed by atoms with E-state index in [1.807, 2.05) is 13.8 Å². The molecule has 1 amide bonds. The minimum atomic E-state index is -0.382. The first-order chi connectivity index (χ1) is 6.50. The Morgan fingerprint density at radius 1 is 1.50 bits per heavy atom. The van der Waals surface area contributed by atoms with E-state index in [-0.39, 0.29) is 23.7 Å². The van der Waals surface area contributed by atoms with Crippen molar-refractivity contribution >= 4 is 11.7 Å². The summed E-state index contributed by atoms with van der Waals surface area (Å²) in [5.74, 6) is -0.135. The molecule has 1 atom stereocenters. The van der Waals surface area contributed by atoms with Crippen molar-refractivity contribution in [1.29, 1.82) is 0 Å². The maximum absolute atomic E-state index is 11.1. The minimum absolute atomic E-state index is 0.111. The van der Waals surface area contributed by atoms with E-state index in [9.17, 15) is 9.59 Å². The third kappa shape index (κ3) is 2.58. The Kier molecular flexibility index (Phi) is 3.28. The van der Waals surface area contributed by atoms with Gasteiger partial charge in [-0.3, -0.25) is 9.59 Å². The van der Waals surface area contributed by atoms with Crippen LogP contribution in [0.3, 0.4) is 0 Å². The molecular formula is C10H16N2O2. The second-order valence-corrected chi connectivity index (χ2v) is 3.90. The number of amides is 1.